The zero-order valence-electron chi connectivity index (χ0n) is 12.8. The van der Waals surface area contributed by atoms with Gasteiger partial charge in [-0.25, -0.2) is 0 Å². The number of carbonyl (C=O) groups is 2. The molecule has 0 N–H and O–H groups in total. The zero-order valence-corrected chi connectivity index (χ0v) is 13.6. The first-order chi connectivity index (χ1) is 11.2. The molecule has 4 nitrogen and oxygen atoms in total. The van der Waals surface area contributed by atoms with E-state index in [1.54, 1.807) is 40.9 Å². The van der Waals surface area contributed by atoms with E-state index >= 15 is 0 Å². The zero-order chi connectivity index (χ0) is 16.2. The summed E-state index contributed by atoms with van der Waals surface area (Å²) in [5, 5.41) is 0. The van der Waals surface area contributed by atoms with E-state index in [0.717, 1.165) is 16.3 Å². The molecular weight excluding hydrogens is 310 g/mol. The van der Waals surface area contributed by atoms with Crippen molar-refractivity contribution in [2.45, 2.75) is 11.8 Å². The van der Waals surface area contributed by atoms with Gasteiger partial charge in [-0.15, -0.1) is 11.8 Å². The van der Waals surface area contributed by atoms with Crippen LogP contribution in [0, 0.1) is 0 Å². The largest absolute Gasteiger partial charge is 0.483 e. The number of hydrogen-bond acceptors (Lipinski definition) is 4. The average molecular weight is 327 g/mol. The molecule has 0 saturated carbocycles. The van der Waals surface area contributed by atoms with Crippen LogP contribution in [0.5, 0.6) is 5.75 Å². The molecule has 0 aliphatic carbocycles. The van der Waals surface area contributed by atoms with Gasteiger partial charge < -0.3 is 9.64 Å². The number of ether oxygens (including phenoxy) is 1. The van der Waals surface area contributed by atoms with Gasteiger partial charge in [-0.2, -0.15) is 0 Å². The summed E-state index contributed by atoms with van der Waals surface area (Å²) in [6.45, 7) is 2.07. The lowest BCUT2D eigenvalue weighted by Crippen LogP contribution is -2.38. The standard InChI is InChI=1S/C18H17NO3S/c1-13(20)14-6-2-4-8-16(14)22-12-18(21)19-10-11-23-17-9-5-3-7-15(17)19/h2-9H,10-12H2,1H3. The number of ketones is 1. The molecule has 118 valence electrons. The summed E-state index contributed by atoms with van der Waals surface area (Å²) < 4.78 is 5.61. The molecule has 0 radical (unpaired) electrons. The van der Waals surface area contributed by atoms with Gasteiger partial charge in [-0.3, -0.25) is 9.59 Å². The van der Waals surface area contributed by atoms with E-state index in [1.807, 2.05) is 24.3 Å². The first-order valence-electron chi connectivity index (χ1n) is 7.42. The number of hydrogen-bond donors (Lipinski definition) is 0. The van der Waals surface area contributed by atoms with E-state index in [2.05, 4.69) is 0 Å². The van der Waals surface area contributed by atoms with Gasteiger partial charge in [0.15, 0.2) is 12.4 Å². The molecule has 0 aromatic heterocycles. The molecule has 2 aromatic carbocycles. The molecule has 0 saturated heterocycles. The molecule has 0 fully saturated rings. The van der Waals surface area contributed by atoms with Crippen molar-refractivity contribution >= 4 is 29.1 Å². The maximum atomic E-state index is 12.5. The van der Waals surface area contributed by atoms with Gasteiger partial charge >= 0.3 is 0 Å². The Labute approximate surface area is 139 Å². The summed E-state index contributed by atoms with van der Waals surface area (Å²) in [5.74, 6) is 1.14. The van der Waals surface area contributed by atoms with Gasteiger partial charge in [0.05, 0.1) is 11.3 Å². The molecular formula is C18H17NO3S. The van der Waals surface area contributed by atoms with Crippen LogP contribution in [-0.2, 0) is 4.79 Å². The molecule has 5 heteroatoms. The fraction of sp³-hybridized carbons (Fsp3) is 0.222. The van der Waals surface area contributed by atoms with Crippen LogP contribution in [0.2, 0.25) is 0 Å². The van der Waals surface area contributed by atoms with Crippen LogP contribution >= 0.6 is 11.8 Å². The lowest BCUT2D eigenvalue weighted by molar-refractivity contribution is -0.120. The Morgan fingerprint density at radius 3 is 2.70 bits per heavy atom. The normalized spacial score (nSPS) is 13.3. The first kappa shape index (κ1) is 15.6. The average Bonchev–Trinajstić information content (AvgIpc) is 2.59. The van der Waals surface area contributed by atoms with Crippen molar-refractivity contribution in [3.63, 3.8) is 0 Å². The van der Waals surface area contributed by atoms with E-state index in [-0.39, 0.29) is 18.3 Å². The third-order valence-corrected chi connectivity index (χ3v) is 4.69. The number of Topliss-reactive ketones (excluding diaryl/α,β-unsaturated/α-hetero) is 1. The van der Waals surface area contributed by atoms with Gasteiger partial charge in [0, 0.05) is 17.2 Å². The summed E-state index contributed by atoms with van der Waals surface area (Å²) >= 11 is 1.75. The molecule has 1 heterocycles. The van der Waals surface area contributed by atoms with Gasteiger partial charge in [-0.1, -0.05) is 24.3 Å². The van der Waals surface area contributed by atoms with Crippen LogP contribution in [0.25, 0.3) is 0 Å². The lowest BCUT2D eigenvalue weighted by Gasteiger charge is -2.29. The Bertz CT molecular complexity index is 745. The molecule has 1 aliphatic heterocycles. The fourth-order valence-corrected chi connectivity index (χ4v) is 3.52. The Balaban J connectivity index is 1.73. The third-order valence-electron chi connectivity index (χ3n) is 3.65. The van der Waals surface area contributed by atoms with Crippen LogP contribution in [-0.4, -0.2) is 30.6 Å². The lowest BCUT2D eigenvalue weighted by atomic mass is 10.1. The van der Waals surface area contributed by atoms with Gasteiger partial charge in [0.2, 0.25) is 0 Å². The van der Waals surface area contributed by atoms with Crippen LogP contribution in [0.1, 0.15) is 17.3 Å². The van der Waals surface area contributed by atoms with Crippen LogP contribution in [0.15, 0.2) is 53.4 Å². The van der Waals surface area contributed by atoms with E-state index < -0.39 is 0 Å². The topological polar surface area (TPSA) is 46.6 Å². The summed E-state index contributed by atoms with van der Waals surface area (Å²) in [4.78, 5) is 27.0. The van der Waals surface area contributed by atoms with Crippen LogP contribution in [0.4, 0.5) is 5.69 Å². The molecule has 1 aliphatic rings. The number of anilines is 1. The minimum atomic E-state index is -0.101. The monoisotopic (exact) mass is 327 g/mol. The molecule has 0 atom stereocenters. The highest BCUT2D eigenvalue weighted by Gasteiger charge is 2.23. The number of para-hydroxylation sites is 2. The highest BCUT2D eigenvalue weighted by molar-refractivity contribution is 7.99. The SMILES string of the molecule is CC(=O)c1ccccc1OCC(=O)N1CCSc2ccccc21. The summed E-state index contributed by atoms with van der Waals surface area (Å²) in [6, 6.07) is 14.9. The first-order valence-corrected chi connectivity index (χ1v) is 8.40. The Kier molecular flexibility index (Phi) is 4.67. The molecule has 23 heavy (non-hydrogen) atoms. The molecule has 1 amide bonds. The number of fused-ring (bicyclic) bond motifs is 1. The summed E-state index contributed by atoms with van der Waals surface area (Å²) in [5.41, 5.74) is 1.42. The van der Waals surface area contributed by atoms with Crippen molar-refractivity contribution in [1.82, 2.24) is 0 Å². The minimum Gasteiger partial charge on any atom is -0.483 e. The fourth-order valence-electron chi connectivity index (χ4n) is 2.53. The van der Waals surface area contributed by atoms with Crippen molar-refractivity contribution < 1.29 is 14.3 Å². The maximum Gasteiger partial charge on any atom is 0.264 e. The maximum absolute atomic E-state index is 12.5. The smallest absolute Gasteiger partial charge is 0.264 e. The molecule has 3 rings (SSSR count). The number of nitrogens with zero attached hydrogens (tertiary/aromatic N) is 1. The molecule has 0 bridgehead atoms. The van der Waals surface area contributed by atoms with E-state index in [0.29, 0.717) is 17.9 Å². The summed E-state index contributed by atoms with van der Waals surface area (Å²) in [7, 11) is 0. The van der Waals surface area contributed by atoms with Crippen molar-refractivity contribution in [1.29, 1.82) is 0 Å². The quantitative estimate of drug-likeness (QED) is 0.808. The van der Waals surface area contributed by atoms with Crippen molar-refractivity contribution in [2.75, 3.05) is 23.8 Å². The molecule has 0 spiro atoms. The third kappa shape index (κ3) is 3.40. The minimum absolute atomic E-state index is 0.0761. The van der Waals surface area contributed by atoms with E-state index in [9.17, 15) is 9.59 Å². The molecule has 2 aromatic rings. The van der Waals surface area contributed by atoms with Crippen LogP contribution < -0.4 is 9.64 Å². The second-order valence-corrected chi connectivity index (χ2v) is 6.34. The Hall–Kier alpha value is -2.27. The highest BCUT2D eigenvalue weighted by atomic mass is 32.2. The van der Waals surface area contributed by atoms with E-state index in [1.165, 1.54) is 6.92 Å². The summed E-state index contributed by atoms with van der Waals surface area (Å²) in [6.07, 6.45) is 0. The Morgan fingerprint density at radius 1 is 1.13 bits per heavy atom. The second kappa shape index (κ2) is 6.87. The van der Waals surface area contributed by atoms with Crippen molar-refractivity contribution in [3.8, 4) is 5.75 Å². The van der Waals surface area contributed by atoms with Crippen molar-refractivity contribution in [3.05, 3.63) is 54.1 Å². The number of rotatable bonds is 4. The number of carbonyl (C=O) groups excluding carboxylic acids is 2. The Morgan fingerprint density at radius 2 is 1.87 bits per heavy atom. The van der Waals surface area contributed by atoms with Crippen molar-refractivity contribution in [2.24, 2.45) is 0 Å². The van der Waals surface area contributed by atoms with Gasteiger partial charge in [0.1, 0.15) is 5.75 Å². The number of amides is 1. The number of thioether (sulfide) groups is 1. The van der Waals surface area contributed by atoms with Gasteiger partial charge in [-0.05, 0) is 31.2 Å². The molecule has 0 unspecified atom stereocenters. The second-order valence-electron chi connectivity index (χ2n) is 5.20. The number of benzene rings is 2. The van der Waals surface area contributed by atoms with Crippen LogP contribution in [0.3, 0.4) is 0 Å². The van der Waals surface area contributed by atoms with E-state index in [4.69, 9.17) is 4.74 Å². The highest BCUT2D eigenvalue weighted by Crippen LogP contribution is 2.34. The van der Waals surface area contributed by atoms with Gasteiger partial charge in [0.25, 0.3) is 5.91 Å². The predicted molar refractivity (Wildman–Crippen MR) is 91.5 cm³/mol. The predicted octanol–water partition coefficient (Wildman–Crippen LogP) is 3.41.